The van der Waals surface area contributed by atoms with Crippen LogP contribution in [-0.2, 0) is 0 Å². The lowest BCUT2D eigenvalue weighted by Crippen LogP contribution is -2.30. The standard InChI is InChI=1S/C12H18N2O3/c1-8-5-6-10(12(17)14-8)11(16)13-7-3-4-9(2)15/h5-6,9,15H,3-4,7H2,1-2H3,(H,13,16)(H,14,17). The van der Waals surface area contributed by atoms with Crippen molar-refractivity contribution in [1.29, 1.82) is 0 Å². The number of carbonyl (C=O) groups excluding carboxylic acids is 1. The topological polar surface area (TPSA) is 82.2 Å². The number of rotatable bonds is 5. The zero-order valence-electron chi connectivity index (χ0n) is 10.1. The number of hydrogen-bond acceptors (Lipinski definition) is 3. The summed E-state index contributed by atoms with van der Waals surface area (Å²) >= 11 is 0. The molecule has 1 atom stereocenters. The highest BCUT2D eigenvalue weighted by atomic mass is 16.3. The molecule has 0 saturated carbocycles. The van der Waals surface area contributed by atoms with Crippen LogP contribution in [0.3, 0.4) is 0 Å². The maximum absolute atomic E-state index is 11.6. The molecule has 0 aliphatic heterocycles. The largest absolute Gasteiger partial charge is 0.393 e. The number of aryl methyl sites for hydroxylation is 1. The third-order valence-corrected chi connectivity index (χ3v) is 2.38. The van der Waals surface area contributed by atoms with Gasteiger partial charge in [-0.15, -0.1) is 0 Å². The Balaban J connectivity index is 2.50. The van der Waals surface area contributed by atoms with E-state index in [4.69, 9.17) is 5.11 Å². The van der Waals surface area contributed by atoms with Crippen molar-refractivity contribution in [3.8, 4) is 0 Å². The highest BCUT2D eigenvalue weighted by molar-refractivity contribution is 5.93. The molecule has 1 amide bonds. The molecule has 0 aliphatic rings. The maximum atomic E-state index is 11.6. The smallest absolute Gasteiger partial charge is 0.260 e. The number of pyridine rings is 1. The second-order valence-electron chi connectivity index (χ2n) is 4.13. The summed E-state index contributed by atoms with van der Waals surface area (Å²) in [7, 11) is 0. The molecule has 0 radical (unpaired) electrons. The molecular weight excluding hydrogens is 220 g/mol. The number of aliphatic hydroxyl groups excluding tert-OH is 1. The first-order chi connectivity index (χ1) is 8.00. The first kappa shape index (κ1) is 13.4. The molecule has 1 rings (SSSR count). The number of nitrogens with one attached hydrogen (secondary N) is 2. The summed E-state index contributed by atoms with van der Waals surface area (Å²) < 4.78 is 0. The Morgan fingerprint density at radius 1 is 1.53 bits per heavy atom. The predicted octanol–water partition coefficient (Wildman–Crippen LogP) is 0.574. The van der Waals surface area contributed by atoms with Gasteiger partial charge in [0.25, 0.3) is 11.5 Å². The monoisotopic (exact) mass is 238 g/mol. The normalized spacial score (nSPS) is 12.2. The molecule has 1 unspecified atom stereocenters. The molecule has 0 fully saturated rings. The lowest BCUT2D eigenvalue weighted by Gasteiger charge is -2.06. The molecular formula is C12H18N2O3. The molecule has 17 heavy (non-hydrogen) atoms. The number of carbonyl (C=O) groups is 1. The zero-order chi connectivity index (χ0) is 12.8. The summed E-state index contributed by atoms with van der Waals surface area (Å²) in [5.41, 5.74) is 0.464. The zero-order valence-corrected chi connectivity index (χ0v) is 10.1. The molecule has 94 valence electrons. The van der Waals surface area contributed by atoms with Gasteiger partial charge in [0.15, 0.2) is 0 Å². The molecule has 0 saturated heterocycles. The third-order valence-electron chi connectivity index (χ3n) is 2.38. The molecule has 1 aromatic rings. The van der Waals surface area contributed by atoms with Crippen LogP contribution in [0.2, 0.25) is 0 Å². The lowest BCUT2D eigenvalue weighted by atomic mass is 10.2. The van der Waals surface area contributed by atoms with Gasteiger partial charge in [-0.3, -0.25) is 9.59 Å². The summed E-state index contributed by atoms with van der Waals surface area (Å²) in [6.45, 7) is 3.91. The molecule has 1 heterocycles. The van der Waals surface area contributed by atoms with Crippen LogP contribution in [0.1, 0.15) is 35.8 Å². The van der Waals surface area contributed by atoms with Gasteiger partial charge in [-0.25, -0.2) is 0 Å². The molecule has 5 nitrogen and oxygen atoms in total. The van der Waals surface area contributed by atoms with Crippen molar-refractivity contribution in [1.82, 2.24) is 10.3 Å². The SMILES string of the molecule is Cc1ccc(C(=O)NCCCC(C)O)c(=O)[nH]1. The van der Waals surface area contributed by atoms with Crippen molar-refractivity contribution in [2.45, 2.75) is 32.8 Å². The van der Waals surface area contributed by atoms with Gasteiger partial charge in [0.05, 0.1) is 6.10 Å². The van der Waals surface area contributed by atoms with Crippen molar-refractivity contribution in [3.63, 3.8) is 0 Å². The second-order valence-corrected chi connectivity index (χ2v) is 4.13. The number of hydrogen-bond donors (Lipinski definition) is 3. The van der Waals surface area contributed by atoms with Crippen LogP contribution in [0.25, 0.3) is 0 Å². The highest BCUT2D eigenvalue weighted by Crippen LogP contribution is 1.96. The second kappa shape index (κ2) is 6.20. The minimum absolute atomic E-state index is 0.118. The first-order valence-corrected chi connectivity index (χ1v) is 5.67. The van der Waals surface area contributed by atoms with E-state index in [0.717, 1.165) is 5.69 Å². The van der Waals surface area contributed by atoms with E-state index in [9.17, 15) is 9.59 Å². The van der Waals surface area contributed by atoms with Gasteiger partial charge in [0.1, 0.15) is 5.56 Å². The Hall–Kier alpha value is -1.62. The molecule has 0 aliphatic carbocycles. The van der Waals surface area contributed by atoms with Crippen molar-refractivity contribution in [2.75, 3.05) is 6.54 Å². The van der Waals surface area contributed by atoms with Gasteiger partial charge in [-0.1, -0.05) is 0 Å². The van der Waals surface area contributed by atoms with E-state index < -0.39 is 0 Å². The van der Waals surface area contributed by atoms with Gasteiger partial charge in [-0.05, 0) is 38.8 Å². The molecule has 1 aromatic heterocycles. The Labute approximate surface area is 99.9 Å². The van der Waals surface area contributed by atoms with Gasteiger partial charge >= 0.3 is 0 Å². The van der Waals surface area contributed by atoms with E-state index in [1.54, 1.807) is 19.9 Å². The summed E-state index contributed by atoms with van der Waals surface area (Å²) in [5, 5.41) is 11.7. The number of aromatic amines is 1. The van der Waals surface area contributed by atoms with E-state index in [-0.39, 0.29) is 23.1 Å². The lowest BCUT2D eigenvalue weighted by molar-refractivity contribution is 0.0948. The van der Waals surface area contributed by atoms with E-state index in [0.29, 0.717) is 19.4 Å². The van der Waals surface area contributed by atoms with Gasteiger partial charge in [-0.2, -0.15) is 0 Å². The highest BCUT2D eigenvalue weighted by Gasteiger charge is 2.09. The third kappa shape index (κ3) is 4.40. The molecule has 3 N–H and O–H groups in total. The Morgan fingerprint density at radius 3 is 2.82 bits per heavy atom. The average molecular weight is 238 g/mol. The van der Waals surface area contributed by atoms with Crippen LogP contribution in [0.15, 0.2) is 16.9 Å². The fourth-order valence-electron chi connectivity index (χ4n) is 1.45. The number of aromatic nitrogens is 1. The minimum atomic E-state index is -0.378. The summed E-state index contributed by atoms with van der Waals surface area (Å²) in [4.78, 5) is 25.7. The van der Waals surface area contributed by atoms with Crippen molar-refractivity contribution in [2.24, 2.45) is 0 Å². The van der Waals surface area contributed by atoms with Crippen LogP contribution in [-0.4, -0.2) is 28.6 Å². The summed E-state index contributed by atoms with van der Waals surface area (Å²) in [5.74, 6) is -0.378. The minimum Gasteiger partial charge on any atom is -0.393 e. The Morgan fingerprint density at radius 2 is 2.24 bits per heavy atom. The fourth-order valence-corrected chi connectivity index (χ4v) is 1.45. The van der Waals surface area contributed by atoms with Crippen LogP contribution in [0.4, 0.5) is 0 Å². The number of aliphatic hydroxyl groups is 1. The fraction of sp³-hybridized carbons (Fsp3) is 0.500. The Bertz CT molecular complexity index is 438. The van der Waals surface area contributed by atoms with Crippen molar-refractivity contribution >= 4 is 5.91 Å². The number of H-pyrrole nitrogens is 1. The van der Waals surface area contributed by atoms with Crippen LogP contribution in [0.5, 0.6) is 0 Å². The maximum Gasteiger partial charge on any atom is 0.260 e. The van der Waals surface area contributed by atoms with Gasteiger partial charge in [0.2, 0.25) is 0 Å². The van der Waals surface area contributed by atoms with Crippen molar-refractivity contribution < 1.29 is 9.90 Å². The summed E-state index contributed by atoms with van der Waals surface area (Å²) in [6.07, 6.45) is 0.951. The van der Waals surface area contributed by atoms with E-state index in [1.165, 1.54) is 6.07 Å². The van der Waals surface area contributed by atoms with Crippen LogP contribution < -0.4 is 10.9 Å². The quantitative estimate of drug-likeness (QED) is 0.656. The molecule has 5 heteroatoms. The molecule has 0 bridgehead atoms. The predicted molar refractivity (Wildman–Crippen MR) is 65.0 cm³/mol. The van der Waals surface area contributed by atoms with Crippen LogP contribution >= 0.6 is 0 Å². The Kier molecular flexibility index (Phi) is 4.90. The average Bonchev–Trinajstić information content (AvgIpc) is 2.23. The van der Waals surface area contributed by atoms with E-state index in [2.05, 4.69) is 10.3 Å². The van der Waals surface area contributed by atoms with Gasteiger partial charge in [0, 0.05) is 12.2 Å². The van der Waals surface area contributed by atoms with Crippen molar-refractivity contribution in [3.05, 3.63) is 33.7 Å². The van der Waals surface area contributed by atoms with E-state index >= 15 is 0 Å². The summed E-state index contributed by atoms with van der Waals surface area (Å²) in [6, 6.07) is 3.20. The molecule has 0 spiro atoms. The molecule has 0 aromatic carbocycles. The van der Waals surface area contributed by atoms with E-state index in [1.807, 2.05) is 0 Å². The van der Waals surface area contributed by atoms with Crippen LogP contribution in [0, 0.1) is 6.92 Å². The van der Waals surface area contributed by atoms with Gasteiger partial charge < -0.3 is 15.4 Å². The first-order valence-electron chi connectivity index (χ1n) is 5.67. The number of amides is 1.